The topological polar surface area (TPSA) is 41.1 Å². The van der Waals surface area contributed by atoms with E-state index in [9.17, 15) is 4.79 Å². The van der Waals surface area contributed by atoms with E-state index in [0.29, 0.717) is 0 Å². The fourth-order valence-corrected chi connectivity index (χ4v) is 2.40. The van der Waals surface area contributed by atoms with Gasteiger partial charge in [-0.3, -0.25) is 0 Å². The second-order valence-electron chi connectivity index (χ2n) is 6.38. The Balaban J connectivity index is 2.14. The van der Waals surface area contributed by atoms with E-state index < -0.39 is 5.54 Å². The molecule has 0 aliphatic rings. The minimum atomic E-state index is -0.488. The van der Waals surface area contributed by atoms with Crippen molar-refractivity contribution in [2.75, 3.05) is 5.32 Å². The first kappa shape index (κ1) is 16.8. The molecular formula is C20H24N2O. The molecule has 0 heterocycles. The Bertz CT molecular complexity index is 732. The average molecular weight is 308 g/mol. The number of benzene rings is 2. The Morgan fingerprint density at radius 3 is 2.43 bits per heavy atom. The lowest BCUT2D eigenvalue weighted by Crippen LogP contribution is -2.43. The van der Waals surface area contributed by atoms with Crippen LogP contribution in [0.4, 0.5) is 10.5 Å². The van der Waals surface area contributed by atoms with Crippen LogP contribution in [0.2, 0.25) is 0 Å². The molecule has 0 unspecified atom stereocenters. The number of carbonyl (C=O) groups excluding carboxylic acids is 1. The van der Waals surface area contributed by atoms with Gasteiger partial charge in [-0.25, -0.2) is 4.79 Å². The van der Waals surface area contributed by atoms with Gasteiger partial charge in [-0.2, -0.15) is 0 Å². The summed E-state index contributed by atoms with van der Waals surface area (Å²) in [5.41, 5.74) is 4.49. The van der Waals surface area contributed by atoms with E-state index in [0.717, 1.165) is 28.0 Å². The van der Waals surface area contributed by atoms with Crippen LogP contribution in [0.5, 0.6) is 0 Å². The molecule has 0 saturated heterocycles. The number of aryl methyl sites for hydroxylation is 1. The summed E-state index contributed by atoms with van der Waals surface area (Å²) in [4.78, 5) is 12.3. The van der Waals surface area contributed by atoms with E-state index in [-0.39, 0.29) is 6.03 Å². The maximum absolute atomic E-state index is 12.3. The van der Waals surface area contributed by atoms with Gasteiger partial charge in [-0.05, 0) is 56.5 Å². The molecule has 2 aromatic carbocycles. The molecular weight excluding hydrogens is 284 g/mol. The lowest BCUT2D eigenvalue weighted by atomic mass is 9.92. The molecule has 0 radical (unpaired) electrons. The van der Waals surface area contributed by atoms with Crippen molar-refractivity contribution in [1.29, 1.82) is 0 Å². The van der Waals surface area contributed by atoms with Crippen LogP contribution in [-0.4, -0.2) is 6.03 Å². The smallest absolute Gasteiger partial charge is 0.319 e. The van der Waals surface area contributed by atoms with E-state index in [1.165, 1.54) is 0 Å². The Kier molecular flexibility index (Phi) is 4.89. The Morgan fingerprint density at radius 2 is 1.78 bits per heavy atom. The van der Waals surface area contributed by atoms with Gasteiger partial charge in [0.05, 0.1) is 5.54 Å². The van der Waals surface area contributed by atoms with E-state index >= 15 is 0 Å². The average Bonchev–Trinajstić information content (AvgIpc) is 2.49. The molecule has 23 heavy (non-hydrogen) atoms. The molecule has 2 rings (SSSR count). The van der Waals surface area contributed by atoms with Crippen molar-refractivity contribution in [3.63, 3.8) is 0 Å². The predicted molar refractivity (Wildman–Crippen MR) is 97.5 cm³/mol. The summed E-state index contributed by atoms with van der Waals surface area (Å²) in [5.74, 6) is 0. The number of hydrogen-bond acceptors (Lipinski definition) is 1. The van der Waals surface area contributed by atoms with Crippen LogP contribution < -0.4 is 10.6 Å². The molecule has 0 fully saturated rings. The number of amides is 2. The van der Waals surface area contributed by atoms with Crippen molar-refractivity contribution >= 4 is 17.3 Å². The zero-order valence-corrected chi connectivity index (χ0v) is 14.2. The van der Waals surface area contributed by atoms with E-state index in [1.807, 2.05) is 70.2 Å². The number of carbonyl (C=O) groups is 1. The quantitative estimate of drug-likeness (QED) is 0.812. The highest BCUT2D eigenvalue weighted by Crippen LogP contribution is 2.24. The highest BCUT2D eigenvalue weighted by atomic mass is 16.2. The zero-order chi connectivity index (χ0) is 17.0. The van der Waals surface area contributed by atoms with Crippen LogP contribution in [0.25, 0.3) is 5.57 Å². The molecule has 0 aliphatic heterocycles. The van der Waals surface area contributed by atoms with Crippen molar-refractivity contribution in [2.45, 2.75) is 33.2 Å². The number of rotatable bonds is 4. The van der Waals surface area contributed by atoms with E-state index in [4.69, 9.17) is 0 Å². The van der Waals surface area contributed by atoms with Crippen LogP contribution in [-0.2, 0) is 5.54 Å². The normalized spacial score (nSPS) is 11.0. The van der Waals surface area contributed by atoms with Gasteiger partial charge in [0.25, 0.3) is 0 Å². The number of para-hydroxylation sites is 1. The molecule has 2 aromatic rings. The molecule has 2 amide bonds. The SMILES string of the molecule is C=C(C)c1cccc(C(C)(C)NC(=O)Nc2ccccc2C)c1. The van der Waals surface area contributed by atoms with Gasteiger partial charge >= 0.3 is 6.03 Å². The lowest BCUT2D eigenvalue weighted by molar-refractivity contribution is 0.242. The molecule has 3 nitrogen and oxygen atoms in total. The predicted octanol–water partition coefficient (Wildman–Crippen LogP) is 5.08. The van der Waals surface area contributed by atoms with E-state index in [2.05, 4.69) is 23.3 Å². The van der Waals surface area contributed by atoms with Gasteiger partial charge in [0, 0.05) is 5.69 Å². The molecule has 0 aromatic heterocycles. The van der Waals surface area contributed by atoms with Crippen LogP contribution >= 0.6 is 0 Å². The molecule has 0 atom stereocenters. The summed E-state index contributed by atoms with van der Waals surface area (Å²) < 4.78 is 0. The number of hydrogen-bond donors (Lipinski definition) is 2. The van der Waals surface area contributed by atoms with Gasteiger partial charge in [-0.15, -0.1) is 0 Å². The number of anilines is 1. The molecule has 0 bridgehead atoms. The highest BCUT2D eigenvalue weighted by molar-refractivity contribution is 5.90. The van der Waals surface area contributed by atoms with Crippen molar-refractivity contribution in [1.82, 2.24) is 5.32 Å². The lowest BCUT2D eigenvalue weighted by Gasteiger charge is -2.27. The molecule has 2 N–H and O–H groups in total. The summed E-state index contributed by atoms with van der Waals surface area (Å²) in [6.45, 7) is 11.9. The van der Waals surface area contributed by atoms with Gasteiger partial charge in [-0.1, -0.05) is 48.6 Å². The van der Waals surface area contributed by atoms with Gasteiger partial charge < -0.3 is 10.6 Å². The first-order chi connectivity index (χ1) is 10.8. The summed E-state index contributed by atoms with van der Waals surface area (Å²) in [6, 6.07) is 15.6. The van der Waals surface area contributed by atoms with Crippen LogP contribution in [0.1, 0.15) is 37.5 Å². The second kappa shape index (κ2) is 6.69. The standard InChI is InChI=1S/C20H24N2O/c1-14(2)16-10-8-11-17(13-16)20(4,5)22-19(23)21-18-12-7-6-9-15(18)3/h6-13H,1H2,2-5H3,(H2,21,22,23). The van der Waals surface area contributed by atoms with Gasteiger partial charge in [0.15, 0.2) is 0 Å². The number of urea groups is 1. The second-order valence-corrected chi connectivity index (χ2v) is 6.38. The summed E-state index contributed by atoms with van der Waals surface area (Å²) >= 11 is 0. The molecule has 3 heteroatoms. The summed E-state index contributed by atoms with van der Waals surface area (Å²) in [7, 11) is 0. The fraction of sp³-hybridized carbons (Fsp3) is 0.250. The summed E-state index contributed by atoms with van der Waals surface area (Å²) in [5, 5.41) is 5.94. The van der Waals surface area contributed by atoms with Crippen molar-refractivity contribution in [2.24, 2.45) is 0 Å². The van der Waals surface area contributed by atoms with E-state index in [1.54, 1.807) is 0 Å². The number of allylic oxidation sites excluding steroid dienone is 1. The Hall–Kier alpha value is -2.55. The Morgan fingerprint density at radius 1 is 1.09 bits per heavy atom. The summed E-state index contributed by atoms with van der Waals surface area (Å²) in [6.07, 6.45) is 0. The minimum absolute atomic E-state index is 0.218. The third-order valence-corrected chi connectivity index (χ3v) is 3.90. The first-order valence-electron chi connectivity index (χ1n) is 7.71. The third-order valence-electron chi connectivity index (χ3n) is 3.90. The van der Waals surface area contributed by atoms with Crippen molar-refractivity contribution in [3.05, 3.63) is 71.8 Å². The molecule has 0 saturated carbocycles. The van der Waals surface area contributed by atoms with Crippen LogP contribution in [0, 0.1) is 6.92 Å². The van der Waals surface area contributed by atoms with Crippen LogP contribution in [0.3, 0.4) is 0 Å². The first-order valence-corrected chi connectivity index (χ1v) is 7.71. The van der Waals surface area contributed by atoms with Crippen LogP contribution in [0.15, 0.2) is 55.1 Å². The van der Waals surface area contributed by atoms with Crippen molar-refractivity contribution in [3.8, 4) is 0 Å². The molecule has 0 spiro atoms. The molecule has 0 aliphatic carbocycles. The monoisotopic (exact) mass is 308 g/mol. The maximum atomic E-state index is 12.3. The maximum Gasteiger partial charge on any atom is 0.319 e. The Labute approximate surface area is 138 Å². The van der Waals surface area contributed by atoms with Crippen molar-refractivity contribution < 1.29 is 4.79 Å². The van der Waals surface area contributed by atoms with Gasteiger partial charge in [0.1, 0.15) is 0 Å². The largest absolute Gasteiger partial charge is 0.329 e. The highest BCUT2D eigenvalue weighted by Gasteiger charge is 2.23. The minimum Gasteiger partial charge on any atom is -0.329 e. The third kappa shape index (κ3) is 4.22. The zero-order valence-electron chi connectivity index (χ0n) is 14.2. The number of nitrogens with one attached hydrogen (secondary N) is 2. The van der Waals surface area contributed by atoms with Gasteiger partial charge in [0.2, 0.25) is 0 Å². The molecule has 120 valence electrons. The fourth-order valence-electron chi connectivity index (χ4n) is 2.40.